The Hall–Kier alpha value is -1.32. The molecule has 0 amide bonds. The van der Waals surface area contributed by atoms with Gasteiger partial charge in [-0.05, 0) is 95.0 Å². The molecule has 0 N–H and O–H groups in total. The van der Waals surface area contributed by atoms with Crippen molar-refractivity contribution in [2.75, 3.05) is 26.2 Å². The summed E-state index contributed by atoms with van der Waals surface area (Å²) in [5, 5.41) is 0. The summed E-state index contributed by atoms with van der Waals surface area (Å²) in [7, 11) is 0. The summed E-state index contributed by atoms with van der Waals surface area (Å²) >= 11 is 0. The first-order valence-electron chi connectivity index (χ1n) is 12.3. The average molecular weight is 393 g/mol. The predicted molar refractivity (Wildman–Crippen MR) is 117 cm³/mol. The summed E-state index contributed by atoms with van der Waals surface area (Å²) in [4.78, 5) is 5.66. The van der Waals surface area contributed by atoms with Crippen molar-refractivity contribution in [2.45, 2.75) is 82.2 Å². The lowest BCUT2D eigenvalue weighted by Crippen LogP contribution is -2.47. The molecule has 3 nitrogen and oxygen atoms in total. The Bertz CT molecular complexity index is 808. The molecule has 5 atom stereocenters. The summed E-state index contributed by atoms with van der Waals surface area (Å²) in [6.07, 6.45) is 22.5. The van der Waals surface area contributed by atoms with Gasteiger partial charge in [0.2, 0.25) is 0 Å². The fourth-order valence-corrected chi connectivity index (χ4v) is 7.32. The lowest BCUT2D eigenvalue weighted by atomic mass is 9.68. The number of rotatable bonds is 0. The average Bonchev–Trinajstić information content (AvgIpc) is 3.29. The number of furan rings is 1. The van der Waals surface area contributed by atoms with Crippen molar-refractivity contribution >= 4 is 0 Å². The molecule has 7 heterocycles. The fraction of sp³-hybridized carbons (Fsp3) is 0.692. The van der Waals surface area contributed by atoms with Gasteiger partial charge in [-0.1, -0.05) is 24.3 Å². The zero-order chi connectivity index (χ0) is 19.3. The normalized spacial score (nSPS) is 41.8. The Morgan fingerprint density at radius 3 is 2.76 bits per heavy atom. The van der Waals surface area contributed by atoms with E-state index in [4.69, 9.17) is 4.42 Å². The van der Waals surface area contributed by atoms with E-state index in [9.17, 15) is 0 Å². The molecule has 2 unspecified atom stereocenters. The van der Waals surface area contributed by atoms with Gasteiger partial charge in [-0.25, -0.2) is 0 Å². The number of piperidine rings is 1. The van der Waals surface area contributed by atoms with Crippen LogP contribution >= 0.6 is 0 Å². The van der Waals surface area contributed by atoms with E-state index < -0.39 is 0 Å². The van der Waals surface area contributed by atoms with E-state index in [0.29, 0.717) is 23.4 Å². The first-order valence-corrected chi connectivity index (χ1v) is 12.3. The minimum Gasteiger partial charge on any atom is -0.464 e. The van der Waals surface area contributed by atoms with Crippen LogP contribution in [0.15, 0.2) is 34.8 Å². The van der Waals surface area contributed by atoms with Gasteiger partial charge >= 0.3 is 0 Å². The number of hydrogen-bond acceptors (Lipinski definition) is 3. The van der Waals surface area contributed by atoms with Crippen LogP contribution in [0.5, 0.6) is 0 Å². The summed E-state index contributed by atoms with van der Waals surface area (Å²) < 4.78 is 6.69. The van der Waals surface area contributed by atoms with Crippen LogP contribution in [-0.2, 0) is 6.42 Å². The van der Waals surface area contributed by atoms with Crippen LogP contribution in [-0.4, -0.2) is 42.0 Å². The third-order valence-corrected chi connectivity index (χ3v) is 8.52. The quantitative estimate of drug-likeness (QED) is 0.536. The van der Waals surface area contributed by atoms with E-state index in [2.05, 4.69) is 40.2 Å². The highest BCUT2D eigenvalue weighted by Crippen LogP contribution is 2.67. The molecule has 6 bridgehead atoms. The monoisotopic (exact) mass is 392 g/mol. The van der Waals surface area contributed by atoms with Crippen molar-refractivity contribution < 1.29 is 4.42 Å². The zero-order valence-electron chi connectivity index (χ0n) is 17.8. The predicted octanol–water partition coefficient (Wildman–Crippen LogP) is 5.60. The summed E-state index contributed by atoms with van der Waals surface area (Å²) in [6, 6.07) is 3.59. The number of nitrogens with zero attached hydrogens (tertiary/aromatic N) is 2. The largest absolute Gasteiger partial charge is 0.464 e. The summed E-state index contributed by atoms with van der Waals surface area (Å²) in [5.41, 5.74) is 1.97. The molecule has 2 saturated heterocycles. The third-order valence-electron chi connectivity index (χ3n) is 8.52. The van der Waals surface area contributed by atoms with Crippen molar-refractivity contribution in [1.82, 2.24) is 9.80 Å². The van der Waals surface area contributed by atoms with Crippen LogP contribution in [0, 0.1) is 5.41 Å². The molecule has 8 rings (SSSR count). The molecule has 156 valence electrons. The molecule has 2 fully saturated rings. The Labute approximate surface area is 175 Å². The van der Waals surface area contributed by atoms with Crippen molar-refractivity contribution in [3.63, 3.8) is 0 Å². The first-order chi connectivity index (χ1) is 14.4. The van der Waals surface area contributed by atoms with Crippen LogP contribution in [0.25, 0.3) is 0 Å². The van der Waals surface area contributed by atoms with Gasteiger partial charge in [0.1, 0.15) is 11.5 Å². The molecule has 0 saturated carbocycles. The third kappa shape index (κ3) is 2.99. The maximum atomic E-state index is 6.69. The lowest BCUT2D eigenvalue weighted by molar-refractivity contribution is 0.0364. The number of fused-ring (bicyclic) bond motifs is 2. The van der Waals surface area contributed by atoms with E-state index in [1.165, 1.54) is 89.1 Å². The van der Waals surface area contributed by atoms with Crippen LogP contribution in [0.2, 0.25) is 0 Å². The second kappa shape index (κ2) is 7.42. The molecule has 1 aliphatic carbocycles. The SMILES string of the molecule is C1=C\CCc2cc3c(o2)[C@@H]2N4CCCC/C=C\C4C[C@@]24CN(CCCC/1)CC[C@@H]34. The second-order valence-corrected chi connectivity index (χ2v) is 10.2. The van der Waals surface area contributed by atoms with E-state index in [-0.39, 0.29) is 0 Å². The standard InChI is InChI=1S/C26H36N2O/c1-2-5-9-14-27-16-13-23-22-17-21(12-8-3-1)29-24(22)25-26(23,19-27)18-20-11-7-4-6-10-15-28(20)25/h1,3,7,11,17,20,23,25H,2,4-6,8-10,12-16,18-19H2/b3-1-,11-7-/t20?,23-,25-,26-/m0/s1. The highest BCUT2D eigenvalue weighted by atomic mass is 16.3. The van der Waals surface area contributed by atoms with Gasteiger partial charge in [0.05, 0.1) is 6.04 Å². The molecule has 1 aromatic heterocycles. The van der Waals surface area contributed by atoms with Crippen molar-refractivity contribution in [1.29, 1.82) is 0 Å². The van der Waals surface area contributed by atoms with Crippen LogP contribution in [0.3, 0.4) is 0 Å². The van der Waals surface area contributed by atoms with Gasteiger partial charge in [0, 0.05) is 24.4 Å². The van der Waals surface area contributed by atoms with E-state index in [1.54, 1.807) is 5.56 Å². The van der Waals surface area contributed by atoms with Crippen molar-refractivity contribution in [3.05, 3.63) is 47.5 Å². The van der Waals surface area contributed by atoms with Crippen LogP contribution < -0.4 is 0 Å². The van der Waals surface area contributed by atoms with E-state index in [0.717, 1.165) is 12.8 Å². The van der Waals surface area contributed by atoms with Gasteiger partial charge < -0.3 is 9.32 Å². The van der Waals surface area contributed by atoms with Gasteiger partial charge in [-0.15, -0.1) is 0 Å². The molecule has 29 heavy (non-hydrogen) atoms. The minimum absolute atomic E-state index is 0.378. The number of hydrogen-bond donors (Lipinski definition) is 0. The maximum Gasteiger partial charge on any atom is 0.125 e. The second-order valence-electron chi connectivity index (χ2n) is 10.2. The summed E-state index contributed by atoms with van der Waals surface area (Å²) in [6.45, 7) is 5.07. The number of allylic oxidation sites excluding steroid dienone is 3. The molecule has 1 aromatic rings. The Morgan fingerprint density at radius 1 is 0.931 bits per heavy atom. The van der Waals surface area contributed by atoms with Gasteiger partial charge in [-0.2, -0.15) is 0 Å². The molecule has 0 aromatic carbocycles. The van der Waals surface area contributed by atoms with Crippen LogP contribution in [0.4, 0.5) is 0 Å². The highest BCUT2D eigenvalue weighted by molar-refractivity contribution is 5.42. The molecule has 6 aliphatic heterocycles. The molecular weight excluding hydrogens is 356 g/mol. The first kappa shape index (κ1) is 18.4. The summed E-state index contributed by atoms with van der Waals surface area (Å²) in [5.74, 6) is 3.30. The molecular formula is C26H36N2O. The topological polar surface area (TPSA) is 19.6 Å². The Morgan fingerprint density at radius 2 is 1.79 bits per heavy atom. The minimum atomic E-state index is 0.378. The Kier molecular flexibility index (Phi) is 4.72. The van der Waals surface area contributed by atoms with E-state index in [1.807, 2.05) is 0 Å². The Balaban J connectivity index is 1.42. The van der Waals surface area contributed by atoms with Crippen LogP contribution in [0.1, 0.15) is 86.8 Å². The van der Waals surface area contributed by atoms with E-state index >= 15 is 0 Å². The maximum absolute atomic E-state index is 6.69. The van der Waals surface area contributed by atoms with Crippen molar-refractivity contribution in [2.24, 2.45) is 5.41 Å². The number of aryl methyl sites for hydroxylation is 1. The molecule has 7 aliphatic rings. The van der Waals surface area contributed by atoms with Gasteiger partial charge in [-0.3, -0.25) is 4.90 Å². The highest BCUT2D eigenvalue weighted by Gasteiger charge is 2.64. The smallest absolute Gasteiger partial charge is 0.125 e. The zero-order valence-corrected chi connectivity index (χ0v) is 17.8. The lowest BCUT2D eigenvalue weighted by Gasteiger charge is -2.45. The van der Waals surface area contributed by atoms with Gasteiger partial charge in [0.15, 0.2) is 0 Å². The molecule has 1 spiro atoms. The van der Waals surface area contributed by atoms with Crippen molar-refractivity contribution in [3.8, 4) is 0 Å². The van der Waals surface area contributed by atoms with Gasteiger partial charge in [0.25, 0.3) is 0 Å². The molecule has 3 heteroatoms. The molecule has 0 radical (unpaired) electrons. The fourth-order valence-electron chi connectivity index (χ4n) is 7.32.